The molecule has 2 aromatic heterocycles. The number of benzene rings is 3. The molecule has 6 aliphatic heterocycles. The van der Waals surface area contributed by atoms with E-state index in [0.717, 1.165) is 116 Å². The zero-order valence-electron chi connectivity index (χ0n) is 40.5. The van der Waals surface area contributed by atoms with Crippen LogP contribution < -0.4 is 15.0 Å². The molecule has 6 fully saturated rings. The molecule has 7 aliphatic rings. The van der Waals surface area contributed by atoms with Crippen molar-refractivity contribution in [2.45, 2.75) is 108 Å². The zero-order chi connectivity index (χ0) is 48.6. The molecule has 14 nitrogen and oxygen atoms in total. The number of carbonyl (C=O) groups excluding carboxylic acids is 3. The SMILES string of the molecule is CCc1c(F)ccc2cc(O)cc(-c3ncc4c(N5CCCC6(CCO6)C5)nc(OCC5(CN6CCC(CN7CCC(c8ccc9c(c8)CN(C8CCC(=O)NC8=O)C9=O)CC7)CC6)CC5)nc4c3F)c12. The summed E-state index contributed by atoms with van der Waals surface area (Å²) in [5.41, 5.74) is 3.42. The van der Waals surface area contributed by atoms with E-state index < -0.39 is 17.7 Å². The monoisotopic (exact) mass is 968 g/mol. The van der Waals surface area contributed by atoms with Crippen molar-refractivity contribution in [1.82, 2.24) is 35.0 Å². The number of pyridine rings is 1. The zero-order valence-corrected chi connectivity index (χ0v) is 40.5. The smallest absolute Gasteiger partial charge is 0.319 e. The van der Waals surface area contributed by atoms with Crippen molar-refractivity contribution in [2.24, 2.45) is 11.3 Å². The van der Waals surface area contributed by atoms with Crippen LogP contribution >= 0.6 is 0 Å². The fraction of sp³-hybridized carbons (Fsp3) is 0.527. The highest BCUT2D eigenvalue weighted by molar-refractivity contribution is 6.05. The third kappa shape index (κ3) is 8.77. The summed E-state index contributed by atoms with van der Waals surface area (Å²) in [7, 11) is 0. The number of hydrogen-bond donors (Lipinski definition) is 2. The first-order chi connectivity index (χ1) is 34.4. The molecule has 372 valence electrons. The van der Waals surface area contributed by atoms with Crippen molar-refractivity contribution in [2.75, 3.05) is 70.5 Å². The predicted octanol–water partition coefficient (Wildman–Crippen LogP) is 7.66. The van der Waals surface area contributed by atoms with E-state index in [1.165, 1.54) is 17.7 Å². The fourth-order valence-electron chi connectivity index (χ4n) is 12.7. The normalized spacial score (nSPS) is 24.2. The molecule has 2 unspecified atom stereocenters. The van der Waals surface area contributed by atoms with Gasteiger partial charge in [-0.2, -0.15) is 9.97 Å². The van der Waals surface area contributed by atoms with Gasteiger partial charge in [-0.15, -0.1) is 0 Å². The summed E-state index contributed by atoms with van der Waals surface area (Å²) in [5, 5.41) is 14.7. The van der Waals surface area contributed by atoms with Crippen LogP contribution in [0, 0.1) is 23.0 Å². The lowest BCUT2D eigenvalue weighted by Gasteiger charge is -2.48. The second kappa shape index (κ2) is 18.3. The molecular weight excluding hydrogens is 907 g/mol. The number of fused-ring (bicyclic) bond motifs is 3. The van der Waals surface area contributed by atoms with Gasteiger partial charge in [0, 0.05) is 68.3 Å². The molecule has 2 atom stereocenters. The number of likely N-dealkylation sites (tertiary alicyclic amines) is 2. The van der Waals surface area contributed by atoms with E-state index in [4.69, 9.17) is 19.4 Å². The highest BCUT2D eigenvalue weighted by Crippen LogP contribution is 2.48. The number of nitrogens with zero attached hydrogens (tertiary/aromatic N) is 7. The van der Waals surface area contributed by atoms with E-state index in [1.54, 1.807) is 23.2 Å². The van der Waals surface area contributed by atoms with Gasteiger partial charge in [0.25, 0.3) is 5.91 Å². The summed E-state index contributed by atoms with van der Waals surface area (Å²) in [4.78, 5) is 60.9. The van der Waals surface area contributed by atoms with E-state index >= 15 is 8.78 Å². The van der Waals surface area contributed by atoms with Gasteiger partial charge in [0.05, 0.1) is 24.2 Å². The van der Waals surface area contributed by atoms with Crippen LogP contribution in [0.4, 0.5) is 14.6 Å². The molecule has 16 heteroatoms. The summed E-state index contributed by atoms with van der Waals surface area (Å²) in [6.07, 6.45) is 11.9. The van der Waals surface area contributed by atoms with Crippen molar-refractivity contribution in [3.8, 4) is 23.0 Å². The van der Waals surface area contributed by atoms with Gasteiger partial charge in [-0.3, -0.25) is 24.7 Å². The minimum atomic E-state index is -0.673. The molecule has 71 heavy (non-hydrogen) atoms. The van der Waals surface area contributed by atoms with Crippen LogP contribution in [-0.2, 0) is 27.3 Å². The van der Waals surface area contributed by atoms with Gasteiger partial charge in [0.1, 0.15) is 34.6 Å². The predicted molar refractivity (Wildman–Crippen MR) is 263 cm³/mol. The Labute approximate surface area is 412 Å². The van der Waals surface area contributed by atoms with Crippen molar-refractivity contribution in [1.29, 1.82) is 0 Å². The third-order valence-corrected chi connectivity index (χ3v) is 17.1. The summed E-state index contributed by atoms with van der Waals surface area (Å²) in [5.74, 6) is -0.284. The first-order valence-electron chi connectivity index (χ1n) is 26.0. The summed E-state index contributed by atoms with van der Waals surface area (Å²) in [6, 6.07) is 11.7. The molecule has 1 aliphatic carbocycles. The lowest BCUT2D eigenvalue weighted by Crippen LogP contribution is -2.56. The number of amides is 3. The number of hydrogen-bond acceptors (Lipinski definition) is 12. The first-order valence-corrected chi connectivity index (χ1v) is 26.0. The molecule has 5 saturated heterocycles. The minimum Gasteiger partial charge on any atom is -0.508 e. The Morgan fingerprint density at radius 2 is 1.70 bits per heavy atom. The fourth-order valence-corrected chi connectivity index (χ4v) is 12.7. The second-order valence-electron chi connectivity index (χ2n) is 21.7. The van der Waals surface area contributed by atoms with E-state index in [-0.39, 0.29) is 58.1 Å². The Bertz CT molecular complexity index is 2950. The maximum atomic E-state index is 17.2. The second-order valence-corrected chi connectivity index (χ2v) is 21.7. The number of ether oxygens (including phenoxy) is 2. The van der Waals surface area contributed by atoms with Gasteiger partial charge < -0.3 is 34.2 Å². The number of carbonyl (C=O) groups is 3. The van der Waals surface area contributed by atoms with Crippen LogP contribution in [-0.4, -0.2) is 130 Å². The molecule has 3 aromatic carbocycles. The number of phenols is 1. The maximum absolute atomic E-state index is 17.2. The molecule has 2 N–H and O–H groups in total. The Morgan fingerprint density at radius 3 is 2.45 bits per heavy atom. The molecule has 3 amide bonds. The van der Waals surface area contributed by atoms with Gasteiger partial charge in [-0.1, -0.05) is 25.1 Å². The first kappa shape index (κ1) is 46.2. The average molecular weight is 969 g/mol. The molecule has 0 radical (unpaired) electrons. The van der Waals surface area contributed by atoms with Crippen molar-refractivity contribution < 1.29 is 37.7 Å². The number of rotatable bonds is 12. The lowest BCUT2D eigenvalue weighted by atomic mass is 9.86. The number of aromatic hydroxyl groups is 1. The topological polar surface area (TPSA) is 154 Å². The van der Waals surface area contributed by atoms with E-state index in [2.05, 4.69) is 37.1 Å². The number of piperidine rings is 4. The number of nitrogens with one attached hydrogen (secondary N) is 1. The Kier molecular flexibility index (Phi) is 11.9. The number of halogens is 2. The number of phenolic OH excluding ortho intramolecular Hbond substituents is 1. The van der Waals surface area contributed by atoms with E-state index in [1.807, 2.05) is 13.0 Å². The molecule has 1 saturated carbocycles. The number of anilines is 1. The maximum Gasteiger partial charge on any atom is 0.319 e. The molecular formula is C55H62F2N8O6. The van der Waals surface area contributed by atoms with Crippen LogP contribution in [0.25, 0.3) is 32.9 Å². The van der Waals surface area contributed by atoms with E-state index in [9.17, 15) is 19.5 Å². The Hall–Kier alpha value is -5.84. The largest absolute Gasteiger partial charge is 0.508 e. The van der Waals surface area contributed by atoms with Crippen LogP contribution in [0.2, 0.25) is 0 Å². The molecule has 8 heterocycles. The Morgan fingerprint density at radius 1 is 0.901 bits per heavy atom. The third-order valence-electron chi connectivity index (χ3n) is 17.1. The van der Waals surface area contributed by atoms with Crippen LogP contribution in [0.3, 0.4) is 0 Å². The number of aromatic nitrogens is 3. The summed E-state index contributed by atoms with van der Waals surface area (Å²) >= 11 is 0. The standard InChI is InChI=1S/C55H62F2N8O6/c1-2-39-43(56)7-5-36-25-38(66)26-41(46(36)39)48-47(57)49-42(27-58-48)50(64-18-3-14-55(31-64)17-23-71-55)61-53(60-49)70-32-54(15-16-54)30-63-19-10-33(11-20-63)28-62-21-12-34(13-22-62)35-4-6-40-37(24-35)29-65(52(40)69)44-8-9-45(67)59-51(44)68/h4-7,24-27,33-34,44,66H,2-3,8-23,28-32H2,1H3,(H,59,67,68). The number of imide groups is 1. The highest BCUT2D eigenvalue weighted by atomic mass is 19.1. The molecule has 5 aromatic rings. The summed E-state index contributed by atoms with van der Waals surface area (Å²) in [6.45, 7) is 11.0. The Balaban J connectivity index is 0.687. The van der Waals surface area contributed by atoms with Gasteiger partial charge in [-0.25, -0.2) is 8.78 Å². The summed E-state index contributed by atoms with van der Waals surface area (Å²) < 4.78 is 45.1. The van der Waals surface area contributed by atoms with Crippen molar-refractivity contribution in [3.05, 3.63) is 82.5 Å². The van der Waals surface area contributed by atoms with Crippen molar-refractivity contribution >= 4 is 45.2 Å². The van der Waals surface area contributed by atoms with Gasteiger partial charge in [-0.05, 0) is 154 Å². The quantitative estimate of drug-likeness (QED) is 0.118. The van der Waals surface area contributed by atoms with Gasteiger partial charge >= 0.3 is 6.01 Å². The van der Waals surface area contributed by atoms with Crippen LogP contribution in [0.1, 0.15) is 111 Å². The van der Waals surface area contributed by atoms with Crippen LogP contribution in [0.5, 0.6) is 11.8 Å². The average Bonchev–Trinajstić information content (AvgIpc) is 4.06. The van der Waals surface area contributed by atoms with Gasteiger partial charge in [0.2, 0.25) is 11.8 Å². The molecule has 12 rings (SSSR count). The highest BCUT2D eigenvalue weighted by Gasteiger charge is 2.47. The molecule has 1 spiro atoms. The van der Waals surface area contributed by atoms with E-state index in [0.29, 0.717) is 83.0 Å². The number of aryl methyl sites for hydroxylation is 1. The molecule has 0 bridgehead atoms. The minimum absolute atomic E-state index is 0.0179. The van der Waals surface area contributed by atoms with Crippen LogP contribution in [0.15, 0.2) is 48.7 Å². The van der Waals surface area contributed by atoms with Gasteiger partial charge in [0.15, 0.2) is 5.82 Å². The van der Waals surface area contributed by atoms with Crippen molar-refractivity contribution in [3.63, 3.8) is 0 Å². The lowest BCUT2D eigenvalue weighted by molar-refractivity contribution is -0.151.